The van der Waals surface area contributed by atoms with Crippen LogP contribution < -0.4 is 10.1 Å². The fourth-order valence-corrected chi connectivity index (χ4v) is 1.51. The highest BCUT2D eigenvalue weighted by Gasteiger charge is 2.05. The number of carbonyl (C=O) groups is 1. The number of anilines is 1. The molecule has 2 rings (SSSR count). The summed E-state index contributed by atoms with van der Waals surface area (Å²) in [6.07, 6.45) is 3.41. The van der Waals surface area contributed by atoms with E-state index >= 15 is 0 Å². The topological polar surface area (TPSA) is 97.2 Å². The summed E-state index contributed by atoms with van der Waals surface area (Å²) in [4.78, 5) is 22.7. The lowest BCUT2D eigenvalue weighted by molar-refractivity contribution is -0.139. The number of hydrogen-bond donors (Lipinski definition) is 2. The van der Waals surface area contributed by atoms with Crippen LogP contribution in [0.25, 0.3) is 0 Å². The molecule has 0 bridgehead atoms. The summed E-state index contributed by atoms with van der Waals surface area (Å²) < 4.78 is 5.04. The van der Waals surface area contributed by atoms with E-state index in [0.717, 1.165) is 5.56 Å². The van der Waals surface area contributed by atoms with Gasteiger partial charge in [0.15, 0.2) is 6.61 Å². The number of hydrogen-bond acceptors (Lipinski definition) is 6. The summed E-state index contributed by atoms with van der Waals surface area (Å²) in [7, 11) is 0. The Kier molecular flexibility index (Phi) is 4.43. The first-order chi connectivity index (χ1) is 9.63. The Bertz CT molecular complexity index is 589. The van der Waals surface area contributed by atoms with E-state index < -0.39 is 12.6 Å². The van der Waals surface area contributed by atoms with E-state index in [4.69, 9.17) is 9.84 Å². The second-order valence-electron chi connectivity index (χ2n) is 4.06. The van der Waals surface area contributed by atoms with Crippen LogP contribution in [0.1, 0.15) is 11.3 Å². The number of nitrogens with zero attached hydrogens (tertiary/aromatic N) is 3. The number of carboxylic acids is 1. The van der Waals surface area contributed by atoms with Crippen molar-refractivity contribution in [2.24, 2.45) is 0 Å². The zero-order valence-electron chi connectivity index (χ0n) is 10.9. The minimum atomic E-state index is -1.05. The molecule has 0 fully saturated rings. The van der Waals surface area contributed by atoms with Crippen LogP contribution >= 0.6 is 0 Å². The molecule has 104 valence electrons. The molecule has 0 aliphatic heterocycles. The van der Waals surface area contributed by atoms with Crippen molar-refractivity contribution < 1.29 is 14.6 Å². The van der Waals surface area contributed by atoms with Crippen molar-refractivity contribution in [2.75, 3.05) is 11.9 Å². The Balaban J connectivity index is 2.02. The number of aromatic nitrogens is 3. The predicted octanol–water partition coefficient (Wildman–Crippen LogP) is 1.26. The molecule has 0 saturated carbocycles. The maximum absolute atomic E-state index is 10.5. The first kappa shape index (κ1) is 13.7. The monoisotopic (exact) mass is 274 g/mol. The van der Waals surface area contributed by atoms with Gasteiger partial charge in [-0.3, -0.25) is 4.98 Å². The third-order valence-corrected chi connectivity index (χ3v) is 2.37. The number of carboxylic acid groups (broad SMARTS) is 1. The van der Waals surface area contributed by atoms with Crippen LogP contribution in [-0.2, 0) is 11.3 Å². The Hall–Kier alpha value is -2.70. The smallest absolute Gasteiger partial charge is 0.341 e. The van der Waals surface area contributed by atoms with Gasteiger partial charge in [-0.25, -0.2) is 9.78 Å². The molecule has 0 aromatic carbocycles. The molecule has 0 atom stereocenters. The van der Waals surface area contributed by atoms with Crippen LogP contribution in [0.2, 0.25) is 0 Å². The molecule has 0 amide bonds. The predicted molar refractivity (Wildman–Crippen MR) is 71.5 cm³/mol. The summed E-state index contributed by atoms with van der Waals surface area (Å²) in [6, 6.07) is 5.34. The lowest BCUT2D eigenvalue weighted by Crippen LogP contribution is -2.12. The molecular formula is C13H14N4O3. The van der Waals surface area contributed by atoms with E-state index in [9.17, 15) is 4.79 Å². The van der Waals surface area contributed by atoms with E-state index in [1.54, 1.807) is 25.4 Å². The molecule has 20 heavy (non-hydrogen) atoms. The molecule has 2 aromatic rings. The number of nitrogens with one attached hydrogen (secondary N) is 1. The standard InChI is InChI=1S/C13H14N4O3/c1-9-6-11(20-8-12(18)19)17-13(16-9)15-7-10-2-4-14-5-3-10/h2-6H,7-8H2,1H3,(H,18,19)(H,15,16,17). The van der Waals surface area contributed by atoms with Gasteiger partial charge in [-0.1, -0.05) is 0 Å². The molecular weight excluding hydrogens is 260 g/mol. The Morgan fingerprint density at radius 2 is 2.10 bits per heavy atom. The number of aliphatic carboxylic acids is 1. The largest absolute Gasteiger partial charge is 0.479 e. The molecule has 2 heterocycles. The van der Waals surface area contributed by atoms with Crippen molar-refractivity contribution in [3.05, 3.63) is 41.9 Å². The molecule has 0 aliphatic carbocycles. The van der Waals surface area contributed by atoms with Crippen LogP contribution in [-0.4, -0.2) is 32.6 Å². The van der Waals surface area contributed by atoms with Crippen molar-refractivity contribution >= 4 is 11.9 Å². The second kappa shape index (κ2) is 6.46. The van der Waals surface area contributed by atoms with E-state index in [2.05, 4.69) is 20.3 Å². The van der Waals surface area contributed by atoms with E-state index in [1.165, 1.54) is 0 Å². The highest BCUT2D eigenvalue weighted by Crippen LogP contribution is 2.12. The number of rotatable bonds is 6. The van der Waals surface area contributed by atoms with Crippen LogP contribution in [0.5, 0.6) is 5.88 Å². The number of pyridine rings is 1. The molecule has 7 heteroatoms. The summed E-state index contributed by atoms with van der Waals surface area (Å²) in [6.45, 7) is 1.90. The minimum absolute atomic E-state index is 0.233. The van der Waals surface area contributed by atoms with Crippen LogP contribution in [0, 0.1) is 6.92 Å². The van der Waals surface area contributed by atoms with Gasteiger partial charge in [0.2, 0.25) is 11.8 Å². The quantitative estimate of drug-likeness (QED) is 0.818. The summed E-state index contributed by atoms with van der Waals surface area (Å²) >= 11 is 0. The van der Waals surface area contributed by atoms with Crippen molar-refractivity contribution in [1.82, 2.24) is 15.0 Å². The van der Waals surface area contributed by atoms with Gasteiger partial charge >= 0.3 is 5.97 Å². The molecule has 0 spiro atoms. The lowest BCUT2D eigenvalue weighted by Gasteiger charge is -2.08. The number of aryl methyl sites for hydroxylation is 1. The van der Waals surface area contributed by atoms with Gasteiger partial charge < -0.3 is 15.2 Å². The minimum Gasteiger partial charge on any atom is -0.479 e. The van der Waals surface area contributed by atoms with Crippen molar-refractivity contribution in [2.45, 2.75) is 13.5 Å². The zero-order chi connectivity index (χ0) is 14.4. The fourth-order valence-electron chi connectivity index (χ4n) is 1.51. The highest BCUT2D eigenvalue weighted by molar-refractivity contribution is 5.68. The van der Waals surface area contributed by atoms with E-state index in [-0.39, 0.29) is 5.88 Å². The first-order valence-corrected chi connectivity index (χ1v) is 5.96. The Morgan fingerprint density at radius 1 is 1.35 bits per heavy atom. The van der Waals surface area contributed by atoms with E-state index in [0.29, 0.717) is 18.2 Å². The summed E-state index contributed by atoms with van der Waals surface area (Å²) in [5, 5.41) is 11.6. The fraction of sp³-hybridized carbons (Fsp3) is 0.231. The van der Waals surface area contributed by atoms with Gasteiger partial charge in [0.05, 0.1) is 0 Å². The van der Waals surface area contributed by atoms with Gasteiger partial charge in [0.25, 0.3) is 0 Å². The maximum Gasteiger partial charge on any atom is 0.341 e. The van der Waals surface area contributed by atoms with Gasteiger partial charge in [-0.15, -0.1) is 0 Å². The third-order valence-electron chi connectivity index (χ3n) is 2.37. The highest BCUT2D eigenvalue weighted by atomic mass is 16.5. The van der Waals surface area contributed by atoms with Gasteiger partial charge in [-0.05, 0) is 24.6 Å². The van der Waals surface area contributed by atoms with Gasteiger partial charge in [0, 0.05) is 30.7 Å². The Morgan fingerprint density at radius 3 is 2.80 bits per heavy atom. The molecule has 0 saturated heterocycles. The van der Waals surface area contributed by atoms with Crippen LogP contribution in [0.3, 0.4) is 0 Å². The second-order valence-corrected chi connectivity index (χ2v) is 4.06. The molecule has 2 aromatic heterocycles. The Labute approximate surface area is 115 Å². The average molecular weight is 274 g/mol. The molecule has 0 aliphatic rings. The zero-order valence-corrected chi connectivity index (χ0v) is 10.9. The van der Waals surface area contributed by atoms with Gasteiger partial charge in [-0.2, -0.15) is 4.98 Å². The van der Waals surface area contributed by atoms with Crippen molar-refractivity contribution in [3.8, 4) is 5.88 Å². The average Bonchev–Trinajstić information content (AvgIpc) is 2.44. The normalized spacial score (nSPS) is 10.1. The molecule has 2 N–H and O–H groups in total. The SMILES string of the molecule is Cc1cc(OCC(=O)O)nc(NCc2ccncc2)n1. The maximum atomic E-state index is 10.5. The van der Waals surface area contributed by atoms with Gasteiger partial charge in [0.1, 0.15) is 0 Å². The summed E-state index contributed by atoms with van der Waals surface area (Å²) in [5.74, 6) is -0.424. The molecule has 0 radical (unpaired) electrons. The lowest BCUT2D eigenvalue weighted by atomic mass is 10.3. The first-order valence-electron chi connectivity index (χ1n) is 5.96. The third kappa shape index (κ3) is 4.20. The van der Waals surface area contributed by atoms with E-state index in [1.807, 2.05) is 12.1 Å². The van der Waals surface area contributed by atoms with Crippen LogP contribution in [0.4, 0.5) is 5.95 Å². The molecule has 7 nitrogen and oxygen atoms in total. The van der Waals surface area contributed by atoms with Crippen LogP contribution in [0.15, 0.2) is 30.6 Å². The summed E-state index contributed by atoms with van der Waals surface area (Å²) in [5.41, 5.74) is 1.73. The van der Waals surface area contributed by atoms with Crippen molar-refractivity contribution in [1.29, 1.82) is 0 Å². The molecule has 0 unspecified atom stereocenters. The number of ether oxygens (including phenoxy) is 1. The van der Waals surface area contributed by atoms with Crippen molar-refractivity contribution in [3.63, 3.8) is 0 Å².